The Bertz CT molecular complexity index is 132. The molecule has 1 saturated heterocycles. The lowest BCUT2D eigenvalue weighted by molar-refractivity contribution is -0.169. The molecule has 0 saturated carbocycles. The number of unbranched alkanes of at least 4 members (excludes halogenated alkanes) is 1. The normalized spacial score (nSPS) is 27.2. The van der Waals surface area contributed by atoms with Gasteiger partial charge in [-0.25, -0.2) is 0 Å². The summed E-state index contributed by atoms with van der Waals surface area (Å²) >= 11 is 0. The van der Waals surface area contributed by atoms with Gasteiger partial charge in [-0.15, -0.1) is 0 Å². The van der Waals surface area contributed by atoms with Crippen LogP contribution in [-0.2, 0) is 14.2 Å². The Morgan fingerprint density at radius 1 is 1.31 bits per heavy atom. The van der Waals surface area contributed by atoms with Crippen LogP contribution in [-0.4, -0.2) is 39.1 Å². The van der Waals surface area contributed by atoms with Gasteiger partial charge in [-0.1, -0.05) is 0 Å². The summed E-state index contributed by atoms with van der Waals surface area (Å²) in [6.07, 6.45) is 3.28. The monoisotopic (exact) mass is 188 g/mol. The van der Waals surface area contributed by atoms with Gasteiger partial charge in [-0.3, -0.25) is 0 Å². The predicted molar refractivity (Wildman–Crippen MR) is 50.9 cm³/mol. The fourth-order valence-electron chi connectivity index (χ4n) is 1.30. The summed E-state index contributed by atoms with van der Waals surface area (Å²) in [4.78, 5) is 0. The fourth-order valence-corrected chi connectivity index (χ4v) is 1.30. The van der Waals surface area contributed by atoms with E-state index in [2.05, 4.69) is 6.92 Å². The summed E-state index contributed by atoms with van der Waals surface area (Å²) in [7, 11) is 1.73. The van der Waals surface area contributed by atoms with Crippen LogP contribution in [0.2, 0.25) is 0 Å². The third-order valence-corrected chi connectivity index (χ3v) is 2.38. The zero-order chi connectivity index (χ0) is 9.57. The van der Waals surface area contributed by atoms with E-state index in [4.69, 9.17) is 14.2 Å². The quantitative estimate of drug-likeness (QED) is 0.568. The van der Waals surface area contributed by atoms with Crippen LogP contribution in [0.5, 0.6) is 0 Å². The van der Waals surface area contributed by atoms with Crippen molar-refractivity contribution in [3.63, 3.8) is 0 Å². The molecule has 1 aliphatic heterocycles. The lowest BCUT2D eigenvalue weighted by Crippen LogP contribution is -2.44. The molecule has 13 heavy (non-hydrogen) atoms. The average Bonchev–Trinajstić information content (AvgIpc) is 2.08. The lowest BCUT2D eigenvalue weighted by atomic mass is 9.99. The Morgan fingerprint density at radius 3 is 2.54 bits per heavy atom. The van der Waals surface area contributed by atoms with Gasteiger partial charge in [0.2, 0.25) is 0 Å². The Hall–Kier alpha value is -0.120. The van der Waals surface area contributed by atoms with Crippen molar-refractivity contribution in [2.75, 3.05) is 33.5 Å². The van der Waals surface area contributed by atoms with Crippen LogP contribution in [0.4, 0.5) is 0 Å². The highest BCUT2D eigenvalue weighted by molar-refractivity contribution is 4.81. The standard InChI is InChI=1S/C10H20O3/c1-10(5-8-13-10)9-12-7-4-3-6-11-2/h3-9H2,1-2H3. The molecule has 1 aliphatic rings. The van der Waals surface area contributed by atoms with Crippen molar-refractivity contribution in [2.45, 2.75) is 31.8 Å². The van der Waals surface area contributed by atoms with Crippen molar-refractivity contribution < 1.29 is 14.2 Å². The van der Waals surface area contributed by atoms with Gasteiger partial charge in [0, 0.05) is 26.7 Å². The van der Waals surface area contributed by atoms with Crippen molar-refractivity contribution in [1.82, 2.24) is 0 Å². The van der Waals surface area contributed by atoms with Crippen molar-refractivity contribution in [2.24, 2.45) is 0 Å². The van der Waals surface area contributed by atoms with Crippen LogP contribution in [0.3, 0.4) is 0 Å². The fraction of sp³-hybridized carbons (Fsp3) is 1.00. The molecular formula is C10H20O3. The summed E-state index contributed by atoms with van der Waals surface area (Å²) in [6, 6.07) is 0. The minimum atomic E-state index is 0.0151. The molecule has 0 N–H and O–H groups in total. The minimum absolute atomic E-state index is 0.0151. The number of hydrogen-bond acceptors (Lipinski definition) is 3. The molecule has 1 rings (SSSR count). The zero-order valence-corrected chi connectivity index (χ0v) is 8.67. The Labute approximate surface area is 80.4 Å². The maximum absolute atomic E-state index is 5.51. The third-order valence-electron chi connectivity index (χ3n) is 2.38. The van der Waals surface area contributed by atoms with Crippen molar-refractivity contribution in [3.8, 4) is 0 Å². The molecule has 0 aromatic heterocycles. The van der Waals surface area contributed by atoms with Crippen molar-refractivity contribution in [3.05, 3.63) is 0 Å². The second-order valence-corrected chi connectivity index (χ2v) is 3.80. The maximum Gasteiger partial charge on any atom is 0.0908 e. The summed E-state index contributed by atoms with van der Waals surface area (Å²) < 4.78 is 15.8. The van der Waals surface area contributed by atoms with E-state index >= 15 is 0 Å². The number of ether oxygens (including phenoxy) is 3. The van der Waals surface area contributed by atoms with Crippen LogP contribution in [0, 0.1) is 0 Å². The van der Waals surface area contributed by atoms with E-state index in [1.54, 1.807) is 7.11 Å². The van der Waals surface area contributed by atoms with E-state index in [1.165, 1.54) is 0 Å². The molecule has 0 amide bonds. The number of rotatable bonds is 7. The van der Waals surface area contributed by atoms with Gasteiger partial charge < -0.3 is 14.2 Å². The number of hydrogen-bond donors (Lipinski definition) is 0. The van der Waals surface area contributed by atoms with Gasteiger partial charge in [0.15, 0.2) is 0 Å². The molecular weight excluding hydrogens is 168 g/mol. The summed E-state index contributed by atoms with van der Waals surface area (Å²) in [5.41, 5.74) is 0.0151. The van der Waals surface area contributed by atoms with Crippen molar-refractivity contribution >= 4 is 0 Å². The molecule has 0 aromatic rings. The topological polar surface area (TPSA) is 27.7 Å². The van der Waals surface area contributed by atoms with E-state index in [0.717, 1.165) is 45.7 Å². The second-order valence-electron chi connectivity index (χ2n) is 3.80. The molecule has 0 radical (unpaired) electrons. The zero-order valence-electron chi connectivity index (χ0n) is 8.67. The van der Waals surface area contributed by atoms with Crippen LogP contribution < -0.4 is 0 Å². The molecule has 0 spiro atoms. The van der Waals surface area contributed by atoms with E-state index in [-0.39, 0.29) is 5.60 Å². The third kappa shape index (κ3) is 4.07. The minimum Gasteiger partial charge on any atom is -0.385 e. The van der Waals surface area contributed by atoms with Crippen LogP contribution >= 0.6 is 0 Å². The highest BCUT2D eigenvalue weighted by atomic mass is 16.6. The first-order valence-corrected chi connectivity index (χ1v) is 4.97. The molecule has 1 heterocycles. The number of methoxy groups -OCH3 is 1. The van der Waals surface area contributed by atoms with Crippen LogP contribution in [0.15, 0.2) is 0 Å². The molecule has 1 atom stereocenters. The van der Waals surface area contributed by atoms with Gasteiger partial charge in [-0.05, 0) is 19.8 Å². The Kier molecular flexibility index (Phi) is 4.70. The smallest absolute Gasteiger partial charge is 0.0908 e. The molecule has 0 bridgehead atoms. The molecule has 1 unspecified atom stereocenters. The van der Waals surface area contributed by atoms with Gasteiger partial charge in [0.1, 0.15) is 0 Å². The van der Waals surface area contributed by atoms with Gasteiger partial charge in [-0.2, -0.15) is 0 Å². The first-order valence-electron chi connectivity index (χ1n) is 4.97. The van der Waals surface area contributed by atoms with E-state index in [1.807, 2.05) is 0 Å². The molecule has 3 nitrogen and oxygen atoms in total. The second kappa shape index (κ2) is 5.58. The Morgan fingerprint density at radius 2 is 2.00 bits per heavy atom. The molecule has 78 valence electrons. The van der Waals surface area contributed by atoms with Gasteiger partial charge >= 0.3 is 0 Å². The summed E-state index contributed by atoms with van der Waals surface area (Å²) in [5.74, 6) is 0. The molecule has 0 aromatic carbocycles. The van der Waals surface area contributed by atoms with Gasteiger partial charge in [0.05, 0.1) is 18.8 Å². The highest BCUT2D eigenvalue weighted by Crippen LogP contribution is 2.25. The highest BCUT2D eigenvalue weighted by Gasteiger charge is 2.32. The van der Waals surface area contributed by atoms with E-state index in [0.29, 0.717) is 0 Å². The van der Waals surface area contributed by atoms with Gasteiger partial charge in [0.25, 0.3) is 0 Å². The lowest BCUT2D eigenvalue weighted by Gasteiger charge is -2.38. The SMILES string of the molecule is COCCCCOCC1(C)CCO1. The van der Waals surface area contributed by atoms with E-state index in [9.17, 15) is 0 Å². The summed E-state index contributed by atoms with van der Waals surface area (Å²) in [5, 5.41) is 0. The van der Waals surface area contributed by atoms with Crippen LogP contribution in [0.1, 0.15) is 26.2 Å². The van der Waals surface area contributed by atoms with Crippen molar-refractivity contribution in [1.29, 1.82) is 0 Å². The first kappa shape index (κ1) is 11.0. The molecule has 0 aliphatic carbocycles. The Balaban J connectivity index is 1.83. The molecule has 1 fully saturated rings. The predicted octanol–water partition coefficient (Wildman–Crippen LogP) is 1.61. The largest absolute Gasteiger partial charge is 0.385 e. The molecule has 3 heteroatoms. The summed E-state index contributed by atoms with van der Waals surface area (Å²) in [6.45, 7) is 5.38. The average molecular weight is 188 g/mol. The van der Waals surface area contributed by atoms with Crippen LogP contribution in [0.25, 0.3) is 0 Å². The first-order chi connectivity index (χ1) is 6.27. The maximum atomic E-state index is 5.51. The van der Waals surface area contributed by atoms with E-state index < -0.39 is 0 Å².